The molecule has 0 aliphatic heterocycles. The molecule has 0 saturated heterocycles. The van der Waals surface area contributed by atoms with Gasteiger partial charge in [-0.05, 0) is 24.3 Å². The van der Waals surface area contributed by atoms with E-state index in [1.54, 1.807) is 12.1 Å². The quantitative estimate of drug-likeness (QED) is 0.901. The van der Waals surface area contributed by atoms with E-state index in [1.165, 1.54) is 24.4 Å². The second-order valence-electron chi connectivity index (χ2n) is 3.86. The number of pyridine rings is 1. The van der Waals surface area contributed by atoms with E-state index in [-0.39, 0.29) is 22.3 Å². The minimum Gasteiger partial charge on any atom is -0.326 e. The van der Waals surface area contributed by atoms with Gasteiger partial charge in [0.2, 0.25) is 0 Å². The van der Waals surface area contributed by atoms with Gasteiger partial charge < -0.3 is 5.73 Å². The average Bonchev–Trinajstić information content (AvgIpc) is 2.39. The molecule has 0 fully saturated rings. The predicted molar refractivity (Wildman–Crippen MR) is 79.4 cm³/mol. The van der Waals surface area contributed by atoms with Crippen LogP contribution in [0.2, 0.25) is 10.0 Å². The minimum atomic E-state index is -3.85. The number of hydrogen-bond acceptors (Lipinski definition) is 4. The van der Waals surface area contributed by atoms with Gasteiger partial charge in [0.1, 0.15) is 10.7 Å². The first-order valence-corrected chi connectivity index (χ1v) is 7.80. The van der Waals surface area contributed by atoms with Crippen molar-refractivity contribution in [1.29, 1.82) is 0 Å². The number of rotatable bonds is 4. The Morgan fingerprint density at radius 1 is 1.20 bits per heavy atom. The maximum Gasteiger partial charge on any atom is 0.264 e. The van der Waals surface area contributed by atoms with Crippen LogP contribution in [0.5, 0.6) is 0 Å². The van der Waals surface area contributed by atoms with Crippen molar-refractivity contribution in [3.05, 3.63) is 52.1 Å². The zero-order valence-corrected chi connectivity index (χ0v) is 12.5. The van der Waals surface area contributed by atoms with Gasteiger partial charge >= 0.3 is 0 Å². The molecule has 1 heterocycles. The van der Waals surface area contributed by atoms with Crippen LogP contribution in [0.1, 0.15) is 5.56 Å². The minimum absolute atomic E-state index is 0.0171. The number of nitrogens with zero attached hydrogens (tertiary/aromatic N) is 1. The van der Waals surface area contributed by atoms with E-state index in [0.29, 0.717) is 10.6 Å². The average molecular weight is 332 g/mol. The molecule has 20 heavy (non-hydrogen) atoms. The summed E-state index contributed by atoms with van der Waals surface area (Å²) in [5, 5.41) is 0.345. The Hall–Kier alpha value is -1.34. The molecule has 106 valence electrons. The third-order valence-corrected chi connectivity index (χ3v) is 4.84. The summed E-state index contributed by atoms with van der Waals surface area (Å²) in [6.45, 7) is 0.0462. The van der Waals surface area contributed by atoms with Crippen LogP contribution in [-0.2, 0) is 16.6 Å². The molecule has 2 rings (SSSR count). The Kier molecular flexibility index (Phi) is 4.49. The van der Waals surface area contributed by atoms with Gasteiger partial charge in [0, 0.05) is 23.3 Å². The number of anilines is 1. The SMILES string of the molecule is NCc1c(Cl)ccc(S(=O)(=O)Nc2ccccn2)c1Cl. The van der Waals surface area contributed by atoms with Crippen LogP contribution in [0, 0.1) is 0 Å². The van der Waals surface area contributed by atoms with Crippen LogP contribution >= 0.6 is 23.2 Å². The van der Waals surface area contributed by atoms with Crippen LogP contribution in [0.4, 0.5) is 5.82 Å². The summed E-state index contributed by atoms with van der Waals surface area (Å²) in [5.74, 6) is 0.202. The molecule has 2 aromatic rings. The molecule has 0 bridgehead atoms. The van der Waals surface area contributed by atoms with E-state index in [4.69, 9.17) is 28.9 Å². The number of halogens is 2. The van der Waals surface area contributed by atoms with Crippen molar-refractivity contribution in [2.75, 3.05) is 4.72 Å². The van der Waals surface area contributed by atoms with Gasteiger partial charge in [0.25, 0.3) is 10.0 Å². The molecule has 0 unspecified atom stereocenters. The lowest BCUT2D eigenvalue weighted by Gasteiger charge is -2.12. The van der Waals surface area contributed by atoms with E-state index < -0.39 is 10.0 Å². The highest BCUT2D eigenvalue weighted by atomic mass is 35.5. The Balaban J connectivity index is 2.45. The summed E-state index contributed by atoms with van der Waals surface area (Å²) in [6.07, 6.45) is 1.48. The molecule has 3 N–H and O–H groups in total. The fourth-order valence-corrected chi connectivity index (χ4v) is 3.53. The smallest absolute Gasteiger partial charge is 0.264 e. The molecule has 1 aromatic heterocycles. The lowest BCUT2D eigenvalue weighted by molar-refractivity contribution is 0.601. The van der Waals surface area contributed by atoms with Crippen molar-refractivity contribution in [3.8, 4) is 0 Å². The molecule has 0 aliphatic rings. The molecule has 0 amide bonds. The number of aromatic nitrogens is 1. The number of benzene rings is 1. The number of nitrogens with one attached hydrogen (secondary N) is 1. The number of sulfonamides is 1. The Bertz CT molecular complexity index is 721. The van der Waals surface area contributed by atoms with Crippen molar-refractivity contribution < 1.29 is 8.42 Å². The van der Waals surface area contributed by atoms with Crippen LogP contribution in [0.25, 0.3) is 0 Å². The maximum atomic E-state index is 12.3. The maximum absolute atomic E-state index is 12.3. The van der Waals surface area contributed by atoms with E-state index in [9.17, 15) is 8.42 Å². The Labute approximate surface area is 126 Å². The van der Waals surface area contributed by atoms with Crippen molar-refractivity contribution >= 4 is 39.0 Å². The predicted octanol–water partition coefficient (Wildman–Crippen LogP) is 2.65. The molecular formula is C12H11Cl2N3O2S. The lowest BCUT2D eigenvalue weighted by atomic mass is 10.2. The van der Waals surface area contributed by atoms with Crippen molar-refractivity contribution in [3.63, 3.8) is 0 Å². The monoisotopic (exact) mass is 331 g/mol. The first-order chi connectivity index (χ1) is 9.45. The van der Waals surface area contributed by atoms with Crippen molar-refractivity contribution in [1.82, 2.24) is 4.98 Å². The third-order valence-electron chi connectivity index (χ3n) is 2.55. The van der Waals surface area contributed by atoms with Crippen LogP contribution < -0.4 is 10.5 Å². The Morgan fingerprint density at radius 3 is 2.55 bits per heavy atom. The van der Waals surface area contributed by atoms with E-state index >= 15 is 0 Å². The van der Waals surface area contributed by atoms with Gasteiger partial charge in [0.05, 0.1) is 5.02 Å². The van der Waals surface area contributed by atoms with Gasteiger partial charge in [-0.1, -0.05) is 29.3 Å². The van der Waals surface area contributed by atoms with E-state index in [0.717, 1.165) is 0 Å². The molecule has 0 spiro atoms. The highest BCUT2D eigenvalue weighted by molar-refractivity contribution is 7.92. The molecule has 0 atom stereocenters. The molecule has 1 aromatic carbocycles. The summed E-state index contributed by atoms with van der Waals surface area (Å²) in [6, 6.07) is 7.65. The molecule has 0 aliphatic carbocycles. The van der Waals surface area contributed by atoms with Gasteiger partial charge in [-0.15, -0.1) is 0 Å². The summed E-state index contributed by atoms with van der Waals surface area (Å²) in [5.41, 5.74) is 5.91. The highest BCUT2D eigenvalue weighted by Gasteiger charge is 2.21. The number of nitrogens with two attached hydrogens (primary N) is 1. The molecular weight excluding hydrogens is 321 g/mol. The molecule has 8 heteroatoms. The fraction of sp³-hybridized carbons (Fsp3) is 0.0833. The normalized spacial score (nSPS) is 11.3. The largest absolute Gasteiger partial charge is 0.326 e. The standard InChI is InChI=1S/C12H11Cl2N3O2S/c13-9-4-5-10(12(14)8(9)7-15)20(18,19)17-11-3-1-2-6-16-11/h1-6H,7,15H2,(H,16,17). The second-order valence-corrected chi connectivity index (χ2v) is 6.30. The van der Waals surface area contributed by atoms with Gasteiger partial charge in [-0.25, -0.2) is 13.4 Å². The van der Waals surface area contributed by atoms with Gasteiger partial charge in [-0.2, -0.15) is 0 Å². The van der Waals surface area contributed by atoms with E-state index in [2.05, 4.69) is 9.71 Å². The summed E-state index contributed by atoms with van der Waals surface area (Å²) in [4.78, 5) is 3.81. The van der Waals surface area contributed by atoms with Gasteiger partial charge in [-0.3, -0.25) is 4.72 Å². The number of hydrogen-bond donors (Lipinski definition) is 2. The molecule has 0 radical (unpaired) electrons. The summed E-state index contributed by atoms with van der Waals surface area (Å²) in [7, 11) is -3.85. The van der Waals surface area contributed by atoms with E-state index in [1.807, 2.05) is 0 Å². The van der Waals surface area contributed by atoms with Crippen molar-refractivity contribution in [2.45, 2.75) is 11.4 Å². The van der Waals surface area contributed by atoms with Crippen LogP contribution in [0.3, 0.4) is 0 Å². The van der Waals surface area contributed by atoms with Crippen LogP contribution in [-0.4, -0.2) is 13.4 Å². The topological polar surface area (TPSA) is 85.1 Å². The summed E-state index contributed by atoms with van der Waals surface area (Å²) < 4.78 is 26.9. The zero-order valence-electron chi connectivity index (χ0n) is 10.2. The van der Waals surface area contributed by atoms with Gasteiger partial charge in [0.15, 0.2) is 0 Å². The highest BCUT2D eigenvalue weighted by Crippen LogP contribution is 2.31. The summed E-state index contributed by atoms with van der Waals surface area (Å²) >= 11 is 12.0. The lowest BCUT2D eigenvalue weighted by Crippen LogP contribution is -2.15. The Morgan fingerprint density at radius 2 is 1.95 bits per heavy atom. The first kappa shape index (κ1) is 15.1. The zero-order chi connectivity index (χ0) is 14.8. The second kappa shape index (κ2) is 5.97. The third kappa shape index (κ3) is 3.04. The fourth-order valence-electron chi connectivity index (χ4n) is 1.59. The van der Waals surface area contributed by atoms with Crippen molar-refractivity contribution in [2.24, 2.45) is 5.73 Å². The van der Waals surface area contributed by atoms with Crippen LogP contribution in [0.15, 0.2) is 41.4 Å². The molecule has 5 nitrogen and oxygen atoms in total. The molecule has 0 saturated carbocycles. The first-order valence-electron chi connectivity index (χ1n) is 5.56.